The van der Waals surface area contributed by atoms with Crippen molar-refractivity contribution in [3.63, 3.8) is 0 Å². The molecule has 2 aromatic heterocycles. The van der Waals surface area contributed by atoms with Crippen LogP contribution >= 0.6 is 11.6 Å². The molecule has 0 spiro atoms. The number of rotatable bonds is 4. The van der Waals surface area contributed by atoms with Crippen LogP contribution in [0.4, 0.5) is 5.82 Å². The van der Waals surface area contributed by atoms with Gasteiger partial charge in [0.25, 0.3) is 0 Å². The van der Waals surface area contributed by atoms with Crippen LogP contribution in [-0.4, -0.2) is 43.6 Å². The molecular weight excluding hydrogens is 372 g/mol. The van der Waals surface area contributed by atoms with Crippen LogP contribution in [0.25, 0.3) is 16.7 Å². The summed E-state index contributed by atoms with van der Waals surface area (Å²) in [5.41, 5.74) is 3.90. The summed E-state index contributed by atoms with van der Waals surface area (Å²) in [7, 11) is 0. The van der Waals surface area contributed by atoms with E-state index in [0.29, 0.717) is 11.1 Å². The number of nitrogens with one attached hydrogen (secondary N) is 1. The first-order valence-corrected chi connectivity index (χ1v) is 9.96. The summed E-state index contributed by atoms with van der Waals surface area (Å²) in [5, 5.41) is 12.6. The maximum atomic E-state index is 6.15. The monoisotopic (exact) mass is 392 g/mol. The largest absolute Gasteiger partial charge is 0.364 e. The first-order valence-electron chi connectivity index (χ1n) is 9.58. The Morgan fingerprint density at radius 3 is 2.71 bits per heavy atom. The highest BCUT2D eigenvalue weighted by atomic mass is 35.5. The topological polar surface area (TPSA) is 58.4 Å². The fourth-order valence-electron chi connectivity index (χ4n) is 3.89. The van der Waals surface area contributed by atoms with Gasteiger partial charge in [-0.3, -0.25) is 9.30 Å². The van der Waals surface area contributed by atoms with E-state index in [1.807, 2.05) is 22.6 Å². The van der Waals surface area contributed by atoms with Gasteiger partial charge in [0.15, 0.2) is 5.82 Å². The van der Waals surface area contributed by atoms with Crippen LogP contribution in [0.1, 0.15) is 18.4 Å². The van der Waals surface area contributed by atoms with E-state index in [2.05, 4.69) is 50.7 Å². The Hall–Kier alpha value is -2.70. The van der Waals surface area contributed by atoms with E-state index in [4.69, 9.17) is 16.6 Å². The third-order valence-corrected chi connectivity index (χ3v) is 5.60. The average Bonchev–Trinajstić information content (AvgIpc) is 3.21. The molecule has 1 fully saturated rings. The van der Waals surface area contributed by atoms with Crippen LogP contribution in [0.2, 0.25) is 5.02 Å². The Morgan fingerprint density at radius 2 is 1.89 bits per heavy atom. The average molecular weight is 393 g/mol. The first-order chi connectivity index (χ1) is 13.8. The Labute approximate surface area is 168 Å². The molecule has 0 amide bonds. The molecule has 5 rings (SSSR count). The molecule has 7 heteroatoms. The molecule has 1 aliphatic rings. The van der Waals surface area contributed by atoms with Crippen LogP contribution in [0.3, 0.4) is 0 Å². The molecule has 28 heavy (non-hydrogen) atoms. The van der Waals surface area contributed by atoms with Gasteiger partial charge >= 0.3 is 0 Å². The van der Waals surface area contributed by atoms with Gasteiger partial charge in [0.1, 0.15) is 6.33 Å². The number of nitrogens with zero attached hydrogens (tertiary/aromatic N) is 5. The molecule has 1 aliphatic heterocycles. The lowest BCUT2D eigenvalue weighted by atomic mass is 10.0. The lowest BCUT2D eigenvalue weighted by molar-refractivity contribution is 0.211. The molecule has 0 unspecified atom stereocenters. The van der Waals surface area contributed by atoms with Crippen molar-refractivity contribution in [1.29, 1.82) is 0 Å². The van der Waals surface area contributed by atoms with Crippen LogP contribution in [0.5, 0.6) is 0 Å². The first kappa shape index (κ1) is 17.4. The molecule has 0 bridgehead atoms. The SMILES string of the molecule is Clc1ccc2nc(NC3CCN(Cc4ccccc4)CC3)c3nncn3c2c1. The highest BCUT2D eigenvalue weighted by Gasteiger charge is 2.21. The van der Waals surface area contributed by atoms with E-state index in [1.165, 1.54) is 5.56 Å². The van der Waals surface area contributed by atoms with Gasteiger partial charge < -0.3 is 5.32 Å². The van der Waals surface area contributed by atoms with Crippen molar-refractivity contribution in [3.8, 4) is 0 Å². The number of benzene rings is 2. The number of piperidine rings is 1. The molecule has 0 saturated carbocycles. The van der Waals surface area contributed by atoms with Crippen molar-refractivity contribution < 1.29 is 0 Å². The fraction of sp³-hybridized carbons (Fsp3) is 0.286. The van der Waals surface area contributed by atoms with Crippen molar-refractivity contribution in [3.05, 3.63) is 65.4 Å². The minimum Gasteiger partial charge on any atom is -0.364 e. The molecule has 3 heterocycles. The highest BCUT2D eigenvalue weighted by molar-refractivity contribution is 6.31. The van der Waals surface area contributed by atoms with Crippen LogP contribution in [0.15, 0.2) is 54.9 Å². The maximum absolute atomic E-state index is 6.15. The number of likely N-dealkylation sites (tertiary alicyclic amines) is 1. The fourth-order valence-corrected chi connectivity index (χ4v) is 4.06. The van der Waals surface area contributed by atoms with E-state index < -0.39 is 0 Å². The molecular formula is C21H21ClN6. The van der Waals surface area contributed by atoms with E-state index in [0.717, 1.165) is 55.0 Å². The Bertz CT molecular complexity index is 1100. The van der Waals surface area contributed by atoms with Crippen molar-refractivity contribution in [2.45, 2.75) is 25.4 Å². The molecule has 0 aliphatic carbocycles. The smallest absolute Gasteiger partial charge is 0.203 e. The van der Waals surface area contributed by atoms with Gasteiger partial charge in [0, 0.05) is 30.7 Å². The van der Waals surface area contributed by atoms with Gasteiger partial charge in [-0.25, -0.2) is 4.98 Å². The van der Waals surface area contributed by atoms with Crippen molar-refractivity contribution in [1.82, 2.24) is 24.5 Å². The molecule has 2 aromatic carbocycles. The zero-order chi connectivity index (χ0) is 18.9. The van der Waals surface area contributed by atoms with Crippen molar-refractivity contribution in [2.24, 2.45) is 0 Å². The Balaban J connectivity index is 1.32. The summed E-state index contributed by atoms with van der Waals surface area (Å²) >= 11 is 6.15. The second-order valence-electron chi connectivity index (χ2n) is 7.30. The van der Waals surface area contributed by atoms with Crippen LogP contribution in [-0.2, 0) is 6.54 Å². The second kappa shape index (κ2) is 7.37. The number of halogens is 1. The number of hydrogen-bond acceptors (Lipinski definition) is 5. The quantitative estimate of drug-likeness (QED) is 0.568. The minimum atomic E-state index is 0.379. The zero-order valence-corrected chi connectivity index (χ0v) is 16.2. The van der Waals surface area contributed by atoms with Gasteiger partial charge in [-0.2, -0.15) is 0 Å². The summed E-state index contributed by atoms with van der Waals surface area (Å²) in [6.07, 6.45) is 3.87. The van der Waals surface area contributed by atoms with Crippen LogP contribution in [0, 0.1) is 0 Å². The van der Waals surface area contributed by atoms with Gasteiger partial charge in [-0.05, 0) is 36.6 Å². The third kappa shape index (κ3) is 3.41. The van der Waals surface area contributed by atoms with E-state index in [-0.39, 0.29) is 0 Å². The standard InChI is InChI=1S/C21H21ClN6/c22-16-6-7-18-19(12-16)28-14-23-26-21(28)20(25-18)24-17-8-10-27(11-9-17)13-15-4-2-1-3-5-15/h1-7,12,14,17H,8-11,13H2,(H,24,25). The number of fused-ring (bicyclic) bond motifs is 3. The highest BCUT2D eigenvalue weighted by Crippen LogP contribution is 2.25. The summed E-state index contributed by atoms with van der Waals surface area (Å²) in [5.74, 6) is 0.786. The minimum absolute atomic E-state index is 0.379. The number of aromatic nitrogens is 4. The maximum Gasteiger partial charge on any atom is 0.203 e. The van der Waals surface area contributed by atoms with E-state index in [1.54, 1.807) is 6.33 Å². The number of hydrogen-bond donors (Lipinski definition) is 1. The van der Waals surface area contributed by atoms with Gasteiger partial charge in [0.05, 0.1) is 11.0 Å². The summed E-state index contributed by atoms with van der Waals surface area (Å²) in [4.78, 5) is 7.30. The molecule has 6 nitrogen and oxygen atoms in total. The third-order valence-electron chi connectivity index (χ3n) is 5.37. The predicted molar refractivity (Wildman–Crippen MR) is 112 cm³/mol. The molecule has 1 N–H and O–H groups in total. The van der Waals surface area contributed by atoms with Crippen molar-refractivity contribution >= 4 is 34.1 Å². The lowest BCUT2D eigenvalue weighted by Gasteiger charge is -2.32. The second-order valence-corrected chi connectivity index (χ2v) is 7.73. The number of anilines is 1. The predicted octanol–water partition coefficient (Wildman–Crippen LogP) is 4.01. The molecule has 0 radical (unpaired) electrons. The van der Waals surface area contributed by atoms with Crippen LogP contribution < -0.4 is 5.32 Å². The summed E-state index contributed by atoms with van der Waals surface area (Å²) in [6.45, 7) is 3.15. The van der Waals surface area contributed by atoms with Gasteiger partial charge in [-0.1, -0.05) is 41.9 Å². The molecule has 4 aromatic rings. The molecule has 0 atom stereocenters. The molecule has 142 valence electrons. The lowest BCUT2D eigenvalue weighted by Crippen LogP contribution is -2.38. The van der Waals surface area contributed by atoms with E-state index in [9.17, 15) is 0 Å². The summed E-state index contributed by atoms with van der Waals surface area (Å²) < 4.78 is 1.95. The Kier molecular flexibility index (Phi) is 4.58. The molecule has 1 saturated heterocycles. The zero-order valence-electron chi connectivity index (χ0n) is 15.4. The van der Waals surface area contributed by atoms with Crippen molar-refractivity contribution in [2.75, 3.05) is 18.4 Å². The van der Waals surface area contributed by atoms with Gasteiger partial charge in [0.2, 0.25) is 5.65 Å². The van der Waals surface area contributed by atoms with Gasteiger partial charge in [-0.15, -0.1) is 10.2 Å². The van der Waals surface area contributed by atoms with E-state index >= 15 is 0 Å². The normalized spacial score (nSPS) is 16.0. The summed E-state index contributed by atoms with van der Waals surface area (Å²) in [6, 6.07) is 16.7. The Morgan fingerprint density at radius 1 is 1.07 bits per heavy atom.